The largest absolute Gasteiger partial charge is 0.461 e. The minimum Gasteiger partial charge on any atom is -0.461 e. The zero-order valence-electron chi connectivity index (χ0n) is 11.5. The summed E-state index contributed by atoms with van der Waals surface area (Å²) in [6.45, 7) is 2.20. The molecule has 1 fully saturated rings. The fourth-order valence-corrected chi connectivity index (χ4v) is 2.75. The highest BCUT2D eigenvalue weighted by atomic mass is 16.5. The van der Waals surface area contributed by atoms with Gasteiger partial charge in [-0.05, 0) is 30.7 Å². The van der Waals surface area contributed by atoms with Crippen LogP contribution in [0, 0.1) is 5.92 Å². The summed E-state index contributed by atoms with van der Waals surface area (Å²) >= 11 is 0. The molecule has 1 aromatic carbocycles. The van der Waals surface area contributed by atoms with Gasteiger partial charge in [-0.25, -0.2) is 4.79 Å². The minimum atomic E-state index is -0.664. The molecule has 1 saturated carbocycles. The summed E-state index contributed by atoms with van der Waals surface area (Å²) in [4.78, 5) is 12.1. The molecular formula is C16H23NO2. The van der Waals surface area contributed by atoms with E-state index >= 15 is 0 Å². The van der Waals surface area contributed by atoms with Crippen LogP contribution in [-0.2, 0) is 9.53 Å². The van der Waals surface area contributed by atoms with Gasteiger partial charge in [0.15, 0.2) is 0 Å². The molecule has 1 aliphatic carbocycles. The molecule has 2 N–H and O–H groups in total. The molecule has 2 rings (SSSR count). The Morgan fingerprint density at radius 3 is 2.79 bits per heavy atom. The predicted octanol–water partition coefficient (Wildman–Crippen LogP) is 3.20. The second-order valence-electron chi connectivity index (χ2n) is 5.39. The standard InChI is InChI=1S/C16H23NO2/c1-2-12-7-6-10-14(11-12)19-16(18)15(17)13-8-4-3-5-9-13/h3-5,8-9,12,14-15H,2,6-7,10-11,17H2,1H3/t12?,14?,15-/m0/s1. The molecule has 2 unspecified atom stereocenters. The van der Waals surface area contributed by atoms with Crippen molar-refractivity contribution in [2.45, 2.75) is 51.2 Å². The van der Waals surface area contributed by atoms with Crippen LogP contribution in [0.25, 0.3) is 0 Å². The average Bonchev–Trinajstić information content (AvgIpc) is 2.47. The lowest BCUT2D eigenvalue weighted by molar-refractivity contribution is -0.153. The first-order valence-electron chi connectivity index (χ1n) is 7.21. The Balaban J connectivity index is 1.90. The number of rotatable bonds is 4. The highest BCUT2D eigenvalue weighted by Gasteiger charge is 2.26. The Morgan fingerprint density at radius 2 is 2.11 bits per heavy atom. The van der Waals surface area contributed by atoms with E-state index in [0.717, 1.165) is 24.8 Å². The van der Waals surface area contributed by atoms with Gasteiger partial charge in [0.1, 0.15) is 12.1 Å². The molecule has 104 valence electrons. The van der Waals surface area contributed by atoms with Crippen LogP contribution in [0.1, 0.15) is 50.6 Å². The summed E-state index contributed by atoms with van der Waals surface area (Å²) in [5.41, 5.74) is 6.76. The molecule has 3 atom stereocenters. The van der Waals surface area contributed by atoms with Gasteiger partial charge in [-0.3, -0.25) is 0 Å². The normalized spacial score (nSPS) is 24.7. The van der Waals surface area contributed by atoms with Gasteiger partial charge in [-0.15, -0.1) is 0 Å². The number of hydrogen-bond donors (Lipinski definition) is 1. The Hall–Kier alpha value is -1.35. The van der Waals surface area contributed by atoms with E-state index in [-0.39, 0.29) is 12.1 Å². The van der Waals surface area contributed by atoms with Crippen molar-refractivity contribution in [3.63, 3.8) is 0 Å². The van der Waals surface area contributed by atoms with Crippen molar-refractivity contribution in [2.24, 2.45) is 11.7 Å². The maximum Gasteiger partial charge on any atom is 0.327 e. The SMILES string of the molecule is CCC1CCCC(OC(=O)[C@@H](N)c2ccccc2)C1. The molecule has 19 heavy (non-hydrogen) atoms. The monoisotopic (exact) mass is 261 g/mol. The molecule has 1 aromatic rings. The minimum absolute atomic E-state index is 0.0564. The first-order chi connectivity index (χ1) is 9.20. The van der Waals surface area contributed by atoms with Crippen LogP contribution in [0.2, 0.25) is 0 Å². The molecule has 0 spiro atoms. The maximum absolute atomic E-state index is 12.1. The molecule has 1 aliphatic rings. The quantitative estimate of drug-likeness (QED) is 0.847. The fraction of sp³-hybridized carbons (Fsp3) is 0.562. The number of carbonyl (C=O) groups excluding carboxylic acids is 1. The third-order valence-corrected chi connectivity index (χ3v) is 4.01. The maximum atomic E-state index is 12.1. The van der Waals surface area contributed by atoms with E-state index in [0.29, 0.717) is 5.92 Å². The van der Waals surface area contributed by atoms with E-state index < -0.39 is 6.04 Å². The van der Waals surface area contributed by atoms with Gasteiger partial charge < -0.3 is 10.5 Å². The van der Waals surface area contributed by atoms with Crippen LogP contribution in [0.3, 0.4) is 0 Å². The molecule has 0 aliphatic heterocycles. The lowest BCUT2D eigenvalue weighted by Gasteiger charge is -2.29. The topological polar surface area (TPSA) is 52.3 Å². The molecule has 0 aromatic heterocycles. The van der Waals surface area contributed by atoms with Crippen molar-refractivity contribution >= 4 is 5.97 Å². The van der Waals surface area contributed by atoms with Gasteiger partial charge in [0, 0.05) is 0 Å². The number of hydrogen-bond acceptors (Lipinski definition) is 3. The zero-order valence-corrected chi connectivity index (χ0v) is 11.5. The Bertz CT molecular complexity index is 404. The zero-order chi connectivity index (χ0) is 13.7. The van der Waals surface area contributed by atoms with Crippen molar-refractivity contribution < 1.29 is 9.53 Å². The van der Waals surface area contributed by atoms with Crippen molar-refractivity contribution in [1.29, 1.82) is 0 Å². The van der Waals surface area contributed by atoms with Crippen molar-refractivity contribution in [3.8, 4) is 0 Å². The van der Waals surface area contributed by atoms with Crippen molar-refractivity contribution in [2.75, 3.05) is 0 Å². The fourth-order valence-electron chi connectivity index (χ4n) is 2.75. The lowest BCUT2D eigenvalue weighted by atomic mass is 9.85. The van der Waals surface area contributed by atoms with E-state index in [9.17, 15) is 4.79 Å². The summed E-state index contributed by atoms with van der Waals surface area (Å²) in [6.07, 6.45) is 5.60. The predicted molar refractivity (Wildman–Crippen MR) is 75.5 cm³/mol. The molecule has 0 radical (unpaired) electrons. The van der Waals surface area contributed by atoms with Crippen molar-refractivity contribution in [1.82, 2.24) is 0 Å². The smallest absolute Gasteiger partial charge is 0.327 e. The molecule has 0 heterocycles. The molecular weight excluding hydrogens is 238 g/mol. The third-order valence-electron chi connectivity index (χ3n) is 4.01. The number of nitrogens with two attached hydrogens (primary N) is 1. The Morgan fingerprint density at radius 1 is 1.37 bits per heavy atom. The Kier molecular flexibility index (Phi) is 4.97. The lowest BCUT2D eigenvalue weighted by Crippen LogP contribution is -2.31. The van der Waals surface area contributed by atoms with Crippen LogP contribution >= 0.6 is 0 Å². The number of carbonyl (C=O) groups is 1. The third kappa shape index (κ3) is 3.80. The van der Waals surface area contributed by atoms with Crippen LogP contribution in [-0.4, -0.2) is 12.1 Å². The number of ether oxygens (including phenoxy) is 1. The van der Waals surface area contributed by atoms with Gasteiger partial charge >= 0.3 is 5.97 Å². The van der Waals surface area contributed by atoms with Gasteiger partial charge in [0.05, 0.1) is 0 Å². The summed E-state index contributed by atoms with van der Waals surface area (Å²) in [5, 5.41) is 0. The first-order valence-corrected chi connectivity index (χ1v) is 7.21. The van der Waals surface area contributed by atoms with E-state index in [1.807, 2.05) is 30.3 Å². The molecule has 3 heteroatoms. The van der Waals surface area contributed by atoms with Crippen LogP contribution < -0.4 is 5.73 Å². The second kappa shape index (κ2) is 6.71. The summed E-state index contributed by atoms with van der Waals surface area (Å²) in [7, 11) is 0. The van der Waals surface area contributed by atoms with Crippen LogP contribution in [0.4, 0.5) is 0 Å². The highest BCUT2D eigenvalue weighted by Crippen LogP contribution is 2.29. The summed E-state index contributed by atoms with van der Waals surface area (Å²) in [5.74, 6) is 0.396. The van der Waals surface area contributed by atoms with Crippen molar-refractivity contribution in [3.05, 3.63) is 35.9 Å². The molecule has 0 amide bonds. The highest BCUT2D eigenvalue weighted by molar-refractivity contribution is 5.77. The van der Waals surface area contributed by atoms with Gasteiger partial charge in [0.25, 0.3) is 0 Å². The van der Waals surface area contributed by atoms with Gasteiger partial charge in [-0.2, -0.15) is 0 Å². The van der Waals surface area contributed by atoms with E-state index in [1.165, 1.54) is 12.8 Å². The van der Waals surface area contributed by atoms with E-state index in [4.69, 9.17) is 10.5 Å². The molecule has 3 nitrogen and oxygen atoms in total. The number of esters is 1. The van der Waals surface area contributed by atoms with E-state index in [1.54, 1.807) is 0 Å². The summed E-state index contributed by atoms with van der Waals surface area (Å²) < 4.78 is 5.58. The Labute approximate surface area is 115 Å². The summed E-state index contributed by atoms with van der Waals surface area (Å²) in [6, 6.07) is 8.74. The van der Waals surface area contributed by atoms with Crippen LogP contribution in [0.15, 0.2) is 30.3 Å². The second-order valence-corrected chi connectivity index (χ2v) is 5.39. The van der Waals surface area contributed by atoms with Crippen LogP contribution in [0.5, 0.6) is 0 Å². The van der Waals surface area contributed by atoms with E-state index in [2.05, 4.69) is 6.92 Å². The molecule has 0 saturated heterocycles. The number of benzene rings is 1. The molecule has 0 bridgehead atoms. The first kappa shape index (κ1) is 14.1. The van der Waals surface area contributed by atoms with Gasteiger partial charge in [-0.1, -0.05) is 50.1 Å². The van der Waals surface area contributed by atoms with Gasteiger partial charge in [0.2, 0.25) is 0 Å². The average molecular weight is 261 g/mol.